The van der Waals surface area contributed by atoms with E-state index in [0.717, 1.165) is 13.0 Å². The van der Waals surface area contributed by atoms with Gasteiger partial charge in [-0.25, -0.2) is 0 Å². The summed E-state index contributed by atoms with van der Waals surface area (Å²) in [7, 11) is 4.15. The molecular formula is C16H24N2. The van der Waals surface area contributed by atoms with Crippen LogP contribution in [-0.4, -0.2) is 18.2 Å². The minimum Gasteiger partial charge on any atom is -0.350 e. The molecular weight excluding hydrogens is 220 g/mol. The monoisotopic (exact) mass is 244 g/mol. The molecule has 1 aromatic carbocycles. The average molecular weight is 244 g/mol. The lowest BCUT2D eigenvalue weighted by Gasteiger charge is -2.24. The maximum atomic E-state index is 3.30. The van der Waals surface area contributed by atoms with Crippen LogP contribution >= 0.6 is 0 Å². The average Bonchev–Trinajstić information content (AvgIpc) is 2.67. The highest BCUT2D eigenvalue weighted by molar-refractivity contribution is 5.85. The molecule has 0 spiro atoms. The first kappa shape index (κ1) is 13.2. The Balaban J connectivity index is 2.63. The van der Waals surface area contributed by atoms with E-state index in [1.807, 2.05) is 7.05 Å². The van der Waals surface area contributed by atoms with Gasteiger partial charge >= 0.3 is 0 Å². The third kappa shape index (κ3) is 2.17. The van der Waals surface area contributed by atoms with Gasteiger partial charge in [-0.2, -0.15) is 0 Å². The summed E-state index contributed by atoms with van der Waals surface area (Å²) in [5, 5.41) is 4.70. The van der Waals surface area contributed by atoms with Crippen LogP contribution in [0.15, 0.2) is 24.4 Å². The zero-order valence-electron chi connectivity index (χ0n) is 12.2. The Hall–Kier alpha value is -1.28. The molecule has 0 aliphatic carbocycles. The molecule has 1 heterocycles. The van der Waals surface area contributed by atoms with E-state index in [0.29, 0.717) is 0 Å². The fourth-order valence-electron chi connectivity index (χ4n) is 2.74. The summed E-state index contributed by atoms with van der Waals surface area (Å²) in [6, 6.07) is 6.83. The zero-order valence-corrected chi connectivity index (χ0v) is 12.2. The smallest absolute Gasteiger partial charge is 0.0480 e. The van der Waals surface area contributed by atoms with Gasteiger partial charge in [-0.05, 0) is 36.7 Å². The SMILES string of the molecule is CCc1ccc2c(c1)c(C(C)(C)CNC)cn2C. The normalized spacial score (nSPS) is 12.3. The molecule has 0 saturated carbocycles. The molecule has 2 heteroatoms. The second-order valence-corrected chi connectivity index (χ2v) is 5.77. The molecule has 0 saturated heterocycles. The molecule has 0 amide bonds. The van der Waals surface area contributed by atoms with Crippen LogP contribution in [-0.2, 0) is 18.9 Å². The first-order valence-corrected chi connectivity index (χ1v) is 6.72. The number of hydrogen-bond acceptors (Lipinski definition) is 1. The lowest BCUT2D eigenvalue weighted by Crippen LogP contribution is -2.30. The molecule has 0 unspecified atom stereocenters. The van der Waals surface area contributed by atoms with E-state index >= 15 is 0 Å². The minimum absolute atomic E-state index is 0.153. The summed E-state index contributed by atoms with van der Waals surface area (Å²) in [6.45, 7) is 7.80. The van der Waals surface area contributed by atoms with Crippen molar-refractivity contribution in [2.45, 2.75) is 32.6 Å². The number of rotatable bonds is 4. The van der Waals surface area contributed by atoms with Crippen molar-refractivity contribution in [3.05, 3.63) is 35.5 Å². The van der Waals surface area contributed by atoms with E-state index in [1.165, 1.54) is 22.0 Å². The molecule has 18 heavy (non-hydrogen) atoms. The number of aromatic nitrogens is 1. The van der Waals surface area contributed by atoms with Gasteiger partial charge in [-0.3, -0.25) is 0 Å². The van der Waals surface area contributed by atoms with Crippen LogP contribution in [0.1, 0.15) is 31.9 Å². The van der Waals surface area contributed by atoms with Gasteiger partial charge in [0, 0.05) is 36.1 Å². The molecule has 1 aromatic heterocycles. The molecule has 0 radical (unpaired) electrons. The van der Waals surface area contributed by atoms with Crippen LogP contribution in [0.5, 0.6) is 0 Å². The van der Waals surface area contributed by atoms with E-state index in [4.69, 9.17) is 0 Å². The lowest BCUT2D eigenvalue weighted by atomic mass is 9.84. The third-order valence-electron chi connectivity index (χ3n) is 3.81. The second-order valence-electron chi connectivity index (χ2n) is 5.77. The molecule has 2 aromatic rings. The Morgan fingerprint density at radius 1 is 1.28 bits per heavy atom. The summed E-state index contributed by atoms with van der Waals surface area (Å²) in [5.41, 5.74) is 4.33. The van der Waals surface area contributed by atoms with Gasteiger partial charge in [-0.15, -0.1) is 0 Å². The van der Waals surface area contributed by atoms with Gasteiger partial charge in [0.05, 0.1) is 0 Å². The summed E-state index contributed by atoms with van der Waals surface area (Å²) < 4.78 is 2.24. The Bertz CT molecular complexity index is 549. The van der Waals surface area contributed by atoms with Gasteiger partial charge in [0.2, 0.25) is 0 Å². The van der Waals surface area contributed by atoms with Gasteiger partial charge in [-0.1, -0.05) is 26.8 Å². The largest absolute Gasteiger partial charge is 0.350 e. The van der Waals surface area contributed by atoms with Gasteiger partial charge in [0.1, 0.15) is 0 Å². The number of benzene rings is 1. The number of likely N-dealkylation sites (N-methyl/N-ethyl adjacent to an activating group) is 1. The highest BCUT2D eigenvalue weighted by atomic mass is 14.9. The standard InChI is InChI=1S/C16H24N2/c1-6-12-7-8-15-13(9-12)14(10-18(15)5)16(2,3)11-17-4/h7-10,17H,6,11H2,1-5H3. The highest BCUT2D eigenvalue weighted by Crippen LogP contribution is 2.32. The molecule has 0 aliphatic rings. The third-order valence-corrected chi connectivity index (χ3v) is 3.81. The van der Waals surface area contributed by atoms with Crippen LogP contribution in [0.25, 0.3) is 10.9 Å². The summed E-state index contributed by atoms with van der Waals surface area (Å²) >= 11 is 0. The fraction of sp³-hybridized carbons (Fsp3) is 0.500. The number of hydrogen-bond donors (Lipinski definition) is 1. The first-order valence-electron chi connectivity index (χ1n) is 6.72. The van der Waals surface area contributed by atoms with Crippen LogP contribution < -0.4 is 5.32 Å². The highest BCUT2D eigenvalue weighted by Gasteiger charge is 2.24. The predicted octanol–water partition coefficient (Wildman–Crippen LogP) is 3.24. The summed E-state index contributed by atoms with van der Waals surface area (Å²) in [4.78, 5) is 0. The molecule has 1 N–H and O–H groups in total. The quantitative estimate of drug-likeness (QED) is 0.873. The van der Waals surface area contributed by atoms with E-state index < -0.39 is 0 Å². The summed E-state index contributed by atoms with van der Waals surface area (Å²) in [5.74, 6) is 0. The minimum atomic E-state index is 0.153. The molecule has 2 rings (SSSR count). The van der Waals surface area contributed by atoms with Crippen molar-refractivity contribution in [2.24, 2.45) is 7.05 Å². The van der Waals surface area contributed by atoms with Crippen molar-refractivity contribution >= 4 is 10.9 Å². The first-order chi connectivity index (χ1) is 8.49. The number of nitrogens with one attached hydrogen (secondary N) is 1. The van der Waals surface area contributed by atoms with Gasteiger partial charge in [0.15, 0.2) is 0 Å². The van der Waals surface area contributed by atoms with Crippen molar-refractivity contribution in [3.8, 4) is 0 Å². The molecule has 0 bridgehead atoms. The van der Waals surface area contributed by atoms with E-state index in [2.05, 4.69) is 62.1 Å². The topological polar surface area (TPSA) is 17.0 Å². The van der Waals surface area contributed by atoms with Crippen molar-refractivity contribution in [1.82, 2.24) is 9.88 Å². The van der Waals surface area contributed by atoms with E-state index in [9.17, 15) is 0 Å². The van der Waals surface area contributed by atoms with Crippen LogP contribution in [0.2, 0.25) is 0 Å². The Morgan fingerprint density at radius 3 is 2.61 bits per heavy atom. The van der Waals surface area contributed by atoms with E-state index in [-0.39, 0.29) is 5.41 Å². The van der Waals surface area contributed by atoms with Gasteiger partial charge < -0.3 is 9.88 Å². The molecule has 2 nitrogen and oxygen atoms in total. The van der Waals surface area contributed by atoms with E-state index in [1.54, 1.807) is 0 Å². The van der Waals surface area contributed by atoms with Crippen LogP contribution in [0.4, 0.5) is 0 Å². The van der Waals surface area contributed by atoms with Gasteiger partial charge in [0.25, 0.3) is 0 Å². The molecule has 0 aliphatic heterocycles. The van der Waals surface area contributed by atoms with Crippen LogP contribution in [0.3, 0.4) is 0 Å². The number of nitrogens with zero attached hydrogens (tertiary/aromatic N) is 1. The van der Waals surface area contributed by atoms with Crippen molar-refractivity contribution in [2.75, 3.05) is 13.6 Å². The Morgan fingerprint density at radius 2 is 2.00 bits per heavy atom. The molecule has 0 fully saturated rings. The Kier molecular flexibility index (Phi) is 3.49. The second kappa shape index (κ2) is 4.77. The Labute approximate surface area is 110 Å². The van der Waals surface area contributed by atoms with Crippen molar-refractivity contribution in [1.29, 1.82) is 0 Å². The number of aryl methyl sites for hydroxylation is 2. The zero-order chi connectivity index (χ0) is 13.3. The maximum Gasteiger partial charge on any atom is 0.0480 e. The maximum absolute atomic E-state index is 3.30. The predicted molar refractivity (Wildman–Crippen MR) is 79.2 cm³/mol. The molecule has 0 atom stereocenters. The number of fused-ring (bicyclic) bond motifs is 1. The fourth-order valence-corrected chi connectivity index (χ4v) is 2.74. The van der Waals surface area contributed by atoms with Crippen molar-refractivity contribution < 1.29 is 0 Å². The molecule has 98 valence electrons. The van der Waals surface area contributed by atoms with Crippen LogP contribution in [0, 0.1) is 0 Å². The van der Waals surface area contributed by atoms with Crippen molar-refractivity contribution in [3.63, 3.8) is 0 Å². The lowest BCUT2D eigenvalue weighted by molar-refractivity contribution is 0.496. The summed E-state index contributed by atoms with van der Waals surface area (Å²) in [6.07, 6.45) is 3.37.